The fraction of sp³-hybridized carbons (Fsp3) is 0.455. The molecule has 2 aromatic rings. The lowest BCUT2D eigenvalue weighted by molar-refractivity contribution is 0.0627. The SMILES string of the molecule is O=C(Nc1ccccc1C(=O)N1CCN(CCN2CCCC2)CC1)c1ccsc1. The number of para-hydroxylation sites is 1. The standard InChI is InChI=1S/C22H28N4O2S/c27-21(18-7-16-29-17-18)23-20-6-2-1-5-19(20)22(28)26-14-12-25(13-15-26)11-10-24-8-3-4-9-24/h1-2,5-7,16-17H,3-4,8-15H2,(H,23,27). The zero-order valence-corrected chi connectivity index (χ0v) is 17.5. The number of nitrogens with zero attached hydrogens (tertiary/aromatic N) is 3. The van der Waals surface area contributed by atoms with Gasteiger partial charge in [0.2, 0.25) is 0 Å². The van der Waals surface area contributed by atoms with Crippen molar-refractivity contribution in [3.63, 3.8) is 0 Å². The molecule has 0 bridgehead atoms. The molecule has 0 saturated carbocycles. The van der Waals surface area contributed by atoms with E-state index in [0.29, 0.717) is 16.8 Å². The van der Waals surface area contributed by atoms with Gasteiger partial charge in [-0.2, -0.15) is 11.3 Å². The molecule has 1 aromatic carbocycles. The summed E-state index contributed by atoms with van der Waals surface area (Å²) in [5.41, 5.74) is 1.75. The second-order valence-electron chi connectivity index (χ2n) is 7.69. The van der Waals surface area contributed by atoms with E-state index in [0.717, 1.165) is 39.3 Å². The molecule has 2 saturated heterocycles. The van der Waals surface area contributed by atoms with Gasteiger partial charge in [0.15, 0.2) is 0 Å². The van der Waals surface area contributed by atoms with Gasteiger partial charge in [-0.25, -0.2) is 0 Å². The van der Waals surface area contributed by atoms with Crippen LogP contribution in [0.25, 0.3) is 0 Å². The van der Waals surface area contributed by atoms with Gasteiger partial charge in [-0.05, 0) is 49.5 Å². The van der Waals surface area contributed by atoms with Crippen LogP contribution in [0.1, 0.15) is 33.6 Å². The fourth-order valence-corrected chi connectivity index (χ4v) is 4.64. The number of anilines is 1. The molecule has 3 heterocycles. The van der Waals surface area contributed by atoms with Crippen LogP contribution in [0.5, 0.6) is 0 Å². The van der Waals surface area contributed by atoms with Crippen LogP contribution < -0.4 is 5.32 Å². The van der Waals surface area contributed by atoms with Crippen LogP contribution in [-0.2, 0) is 0 Å². The Labute approximate surface area is 176 Å². The monoisotopic (exact) mass is 412 g/mol. The molecule has 29 heavy (non-hydrogen) atoms. The zero-order valence-electron chi connectivity index (χ0n) is 16.7. The molecule has 2 aliphatic rings. The molecule has 0 unspecified atom stereocenters. The van der Waals surface area contributed by atoms with Crippen LogP contribution in [0, 0.1) is 0 Å². The van der Waals surface area contributed by atoms with Crippen molar-refractivity contribution in [2.75, 3.05) is 57.7 Å². The van der Waals surface area contributed by atoms with Crippen LogP contribution in [0.15, 0.2) is 41.1 Å². The number of benzene rings is 1. The Morgan fingerprint density at radius 3 is 2.28 bits per heavy atom. The van der Waals surface area contributed by atoms with E-state index in [4.69, 9.17) is 0 Å². The van der Waals surface area contributed by atoms with Crippen LogP contribution in [0.4, 0.5) is 5.69 Å². The summed E-state index contributed by atoms with van der Waals surface area (Å²) >= 11 is 1.48. The van der Waals surface area contributed by atoms with Gasteiger partial charge in [0.25, 0.3) is 11.8 Å². The summed E-state index contributed by atoms with van der Waals surface area (Å²) in [4.78, 5) is 32.4. The van der Waals surface area contributed by atoms with E-state index in [2.05, 4.69) is 15.1 Å². The molecule has 6 nitrogen and oxygen atoms in total. The molecule has 4 rings (SSSR count). The molecule has 0 spiro atoms. The van der Waals surface area contributed by atoms with Crippen molar-refractivity contribution in [3.05, 3.63) is 52.2 Å². The first-order valence-electron chi connectivity index (χ1n) is 10.4. The predicted molar refractivity (Wildman–Crippen MR) is 117 cm³/mol. The third-order valence-corrected chi connectivity index (χ3v) is 6.46. The number of likely N-dealkylation sites (tertiary alicyclic amines) is 1. The molecule has 7 heteroatoms. The molecular weight excluding hydrogens is 384 g/mol. The summed E-state index contributed by atoms with van der Waals surface area (Å²) in [6.45, 7) is 7.93. The highest BCUT2D eigenvalue weighted by molar-refractivity contribution is 7.08. The van der Waals surface area contributed by atoms with Crippen molar-refractivity contribution in [1.29, 1.82) is 0 Å². The Kier molecular flexibility index (Phi) is 6.59. The first-order chi connectivity index (χ1) is 14.2. The van der Waals surface area contributed by atoms with Gasteiger partial charge in [0.1, 0.15) is 0 Å². The number of carbonyl (C=O) groups excluding carboxylic acids is 2. The molecule has 2 amide bonds. The minimum atomic E-state index is -0.182. The van der Waals surface area contributed by atoms with Crippen molar-refractivity contribution in [1.82, 2.24) is 14.7 Å². The van der Waals surface area contributed by atoms with Gasteiger partial charge < -0.3 is 15.1 Å². The maximum absolute atomic E-state index is 13.1. The highest BCUT2D eigenvalue weighted by Crippen LogP contribution is 2.20. The summed E-state index contributed by atoms with van der Waals surface area (Å²) in [5, 5.41) is 6.57. The Hall–Kier alpha value is -2.22. The number of hydrogen-bond acceptors (Lipinski definition) is 5. The van der Waals surface area contributed by atoms with Crippen LogP contribution in [0.2, 0.25) is 0 Å². The van der Waals surface area contributed by atoms with E-state index < -0.39 is 0 Å². The summed E-state index contributed by atoms with van der Waals surface area (Å²) in [6.07, 6.45) is 2.65. The van der Waals surface area contributed by atoms with Gasteiger partial charge in [0, 0.05) is 44.6 Å². The zero-order chi connectivity index (χ0) is 20.1. The first kappa shape index (κ1) is 20.1. The third kappa shape index (κ3) is 5.04. The first-order valence-corrected chi connectivity index (χ1v) is 11.3. The van der Waals surface area contributed by atoms with E-state index >= 15 is 0 Å². The maximum atomic E-state index is 13.1. The van der Waals surface area contributed by atoms with E-state index in [1.54, 1.807) is 23.6 Å². The van der Waals surface area contributed by atoms with Gasteiger partial charge in [0.05, 0.1) is 16.8 Å². The van der Waals surface area contributed by atoms with Crippen molar-refractivity contribution in [3.8, 4) is 0 Å². The second kappa shape index (κ2) is 9.52. The summed E-state index contributed by atoms with van der Waals surface area (Å²) in [7, 11) is 0. The van der Waals surface area contributed by atoms with E-state index in [1.165, 1.54) is 37.3 Å². The Morgan fingerprint density at radius 2 is 1.59 bits per heavy atom. The number of nitrogens with one attached hydrogen (secondary N) is 1. The third-order valence-electron chi connectivity index (χ3n) is 5.78. The highest BCUT2D eigenvalue weighted by Gasteiger charge is 2.24. The molecule has 2 fully saturated rings. The molecule has 1 N–H and O–H groups in total. The maximum Gasteiger partial charge on any atom is 0.256 e. The molecule has 0 atom stereocenters. The lowest BCUT2D eigenvalue weighted by atomic mass is 10.1. The normalized spacial score (nSPS) is 18.1. The van der Waals surface area contributed by atoms with Gasteiger partial charge in [-0.1, -0.05) is 12.1 Å². The smallest absolute Gasteiger partial charge is 0.256 e. The Bertz CT molecular complexity index is 825. The predicted octanol–water partition coefficient (Wildman–Crippen LogP) is 2.85. The lowest BCUT2D eigenvalue weighted by Crippen LogP contribution is -2.50. The average Bonchev–Trinajstić information content (AvgIpc) is 3.47. The van der Waals surface area contributed by atoms with Crippen LogP contribution in [-0.4, -0.2) is 78.9 Å². The van der Waals surface area contributed by atoms with Crippen molar-refractivity contribution < 1.29 is 9.59 Å². The van der Waals surface area contributed by atoms with Crippen molar-refractivity contribution >= 4 is 28.8 Å². The minimum Gasteiger partial charge on any atom is -0.336 e. The molecule has 154 valence electrons. The molecule has 0 aliphatic carbocycles. The molecule has 2 aliphatic heterocycles. The lowest BCUT2D eigenvalue weighted by Gasteiger charge is -2.35. The largest absolute Gasteiger partial charge is 0.336 e. The van der Waals surface area contributed by atoms with Crippen molar-refractivity contribution in [2.45, 2.75) is 12.8 Å². The topological polar surface area (TPSA) is 55.9 Å². The number of rotatable bonds is 6. The number of amides is 2. The number of thiophene rings is 1. The number of hydrogen-bond donors (Lipinski definition) is 1. The van der Waals surface area contributed by atoms with Gasteiger partial charge in [-0.15, -0.1) is 0 Å². The number of piperazine rings is 1. The molecular formula is C22H28N4O2S. The van der Waals surface area contributed by atoms with Gasteiger partial charge >= 0.3 is 0 Å². The van der Waals surface area contributed by atoms with Crippen molar-refractivity contribution in [2.24, 2.45) is 0 Å². The van der Waals surface area contributed by atoms with E-state index in [1.807, 2.05) is 22.4 Å². The summed E-state index contributed by atoms with van der Waals surface area (Å²) in [5.74, 6) is -0.191. The summed E-state index contributed by atoms with van der Waals surface area (Å²) < 4.78 is 0. The Balaban J connectivity index is 1.33. The second-order valence-corrected chi connectivity index (χ2v) is 8.47. The van der Waals surface area contributed by atoms with Gasteiger partial charge in [-0.3, -0.25) is 14.5 Å². The molecule has 1 aromatic heterocycles. The Morgan fingerprint density at radius 1 is 0.897 bits per heavy atom. The van der Waals surface area contributed by atoms with Crippen LogP contribution >= 0.6 is 11.3 Å². The molecule has 0 radical (unpaired) electrons. The minimum absolute atomic E-state index is 0.00888. The highest BCUT2D eigenvalue weighted by atomic mass is 32.1. The fourth-order valence-electron chi connectivity index (χ4n) is 4.00. The summed E-state index contributed by atoms with van der Waals surface area (Å²) in [6, 6.07) is 9.07. The quantitative estimate of drug-likeness (QED) is 0.793. The van der Waals surface area contributed by atoms with E-state index in [-0.39, 0.29) is 11.8 Å². The van der Waals surface area contributed by atoms with E-state index in [9.17, 15) is 9.59 Å². The number of carbonyl (C=O) groups is 2. The van der Waals surface area contributed by atoms with Crippen LogP contribution in [0.3, 0.4) is 0 Å². The average molecular weight is 413 g/mol.